The first-order chi connectivity index (χ1) is 10.5. The van der Waals surface area contributed by atoms with E-state index in [1.165, 1.54) is 28.8 Å². The number of benzene rings is 2. The highest BCUT2D eigenvalue weighted by Gasteiger charge is 2.24. The molecule has 0 spiro atoms. The van der Waals surface area contributed by atoms with Crippen LogP contribution in [0.3, 0.4) is 0 Å². The van der Waals surface area contributed by atoms with E-state index in [9.17, 15) is 8.42 Å². The Hall–Kier alpha value is -1.36. The van der Waals surface area contributed by atoms with E-state index in [0.29, 0.717) is 5.02 Å². The first-order valence-corrected chi connectivity index (χ1v) is 9.17. The summed E-state index contributed by atoms with van der Waals surface area (Å²) >= 11 is 5.81. The van der Waals surface area contributed by atoms with E-state index in [1.807, 2.05) is 6.07 Å². The van der Waals surface area contributed by atoms with Gasteiger partial charge in [-0.2, -0.15) is 0 Å². The maximum Gasteiger partial charge on any atom is 0.240 e. The summed E-state index contributed by atoms with van der Waals surface area (Å²) in [6, 6.07) is 12.4. The van der Waals surface area contributed by atoms with Crippen molar-refractivity contribution in [3.8, 4) is 0 Å². The van der Waals surface area contributed by atoms with Crippen LogP contribution in [0, 0.1) is 6.92 Å². The molecule has 1 aliphatic rings. The highest BCUT2D eigenvalue weighted by atomic mass is 35.5. The molecule has 1 aliphatic carbocycles. The number of hydrogen-bond donors (Lipinski definition) is 1. The molecule has 0 aliphatic heterocycles. The molecule has 0 radical (unpaired) electrons. The molecule has 0 saturated heterocycles. The van der Waals surface area contributed by atoms with Crippen LogP contribution in [-0.4, -0.2) is 14.5 Å². The summed E-state index contributed by atoms with van der Waals surface area (Å²) in [6.45, 7) is 2.11. The van der Waals surface area contributed by atoms with Crippen molar-refractivity contribution in [2.45, 2.75) is 37.1 Å². The zero-order valence-corrected chi connectivity index (χ0v) is 13.9. The van der Waals surface area contributed by atoms with Gasteiger partial charge >= 0.3 is 0 Å². The van der Waals surface area contributed by atoms with Crippen LogP contribution >= 0.6 is 11.6 Å². The maximum absolute atomic E-state index is 12.4. The van der Waals surface area contributed by atoms with Crippen molar-refractivity contribution in [2.24, 2.45) is 0 Å². The Balaban J connectivity index is 1.78. The molecule has 0 fully saturated rings. The molecule has 5 heteroatoms. The van der Waals surface area contributed by atoms with Gasteiger partial charge in [0.1, 0.15) is 0 Å². The highest BCUT2D eigenvalue weighted by molar-refractivity contribution is 7.89. The Morgan fingerprint density at radius 1 is 1.14 bits per heavy atom. The van der Waals surface area contributed by atoms with E-state index >= 15 is 0 Å². The zero-order valence-electron chi connectivity index (χ0n) is 12.3. The van der Waals surface area contributed by atoms with E-state index in [-0.39, 0.29) is 10.9 Å². The van der Waals surface area contributed by atoms with Crippen molar-refractivity contribution in [3.05, 3.63) is 64.2 Å². The number of nitrogens with one attached hydrogen (secondary N) is 1. The zero-order chi connectivity index (χ0) is 15.7. The molecule has 0 heterocycles. The molecular formula is C17H18ClNO2S. The molecule has 0 saturated carbocycles. The fraction of sp³-hybridized carbons (Fsp3) is 0.294. The summed E-state index contributed by atoms with van der Waals surface area (Å²) in [5, 5.41) is 0.529. The Bertz CT molecular complexity index is 785. The average molecular weight is 336 g/mol. The number of aryl methyl sites for hydroxylation is 1. The van der Waals surface area contributed by atoms with Gasteiger partial charge < -0.3 is 0 Å². The van der Waals surface area contributed by atoms with Crippen molar-refractivity contribution in [2.75, 3.05) is 0 Å². The van der Waals surface area contributed by atoms with Gasteiger partial charge in [-0.05, 0) is 67.1 Å². The van der Waals surface area contributed by atoms with E-state index in [4.69, 9.17) is 11.6 Å². The first kappa shape index (κ1) is 15.5. The molecule has 1 N–H and O–H groups in total. The van der Waals surface area contributed by atoms with E-state index < -0.39 is 10.0 Å². The Kier molecular flexibility index (Phi) is 4.26. The molecule has 2 aromatic carbocycles. The monoisotopic (exact) mass is 335 g/mol. The maximum atomic E-state index is 12.4. The van der Waals surface area contributed by atoms with Crippen LogP contribution in [0.4, 0.5) is 0 Å². The Labute approximate surface area is 136 Å². The number of sulfonamides is 1. The molecule has 0 amide bonds. The SMILES string of the molecule is Cc1cccc2c1CCC(NS(=O)(=O)c1ccc(Cl)cc1)C2. The van der Waals surface area contributed by atoms with Gasteiger partial charge in [-0.1, -0.05) is 29.8 Å². The molecule has 1 atom stereocenters. The molecule has 22 heavy (non-hydrogen) atoms. The van der Waals surface area contributed by atoms with Crippen LogP contribution in [0.2, 0.25) is 5.02 Å². The minimum atomic E-state index is -3.50. The second kappa shape index (κ2) is 6.03. The van der Waals surface area contributed by atoms with Crippen molar-refractivity contribution in [3.63, 3.8) is 0 Å². The fourth-order valence-electron chi connectivity index (χ4n) is 3.00. The van der Waals surface area contributed by atoms with Crippen molar-refractivity contribution >= 4 is 21.6 Å². The lowest BCUT2D eigenvalue weighted by Crippen LogP contribution is -2.38. The largest absolute Gasteiger partial charge is 0.240 e. The lowest BCUT2D eigenvalue weighted by atomic mass is 9.86. The summed E-state index contributed by atoms with van der Waals surface area (Å²) in [7, 11) is -3.50. The van der Waals surface area contributed by atoms with E-state index in [0.717, 1.165) is 19.3 Å². The van der Waals surface area contributed by atoms with Gasteiger partial charge in [0.05, 0.1) is 4.90 Å². The second-order valence-electron chi connectivity index (χ2n) is 5.73. The number of rotatable bonds is 3. The molecular weight excluding hydrogens is 318 g/mol. The summed E-state index contributed by atoms with van der Waals surface area (Å²) < 4.78 is 27.7. The van der Waals surface area contributed by atoms with E-state index in [1.54, 1.807) is 12.1 Å². The molecule has 116 valence electrons. The van der Waals surface area contributed by atoms with Crippen LogP contribution in [0.5, 0.6) is 0 Å². The second-order valence-corrected chi connectivity index (χ2v) is 7.88. The Morgan fingerprint density at radius 3 is 2.59 bits per heavy atom. The third-order valence-electron chi connectivity index (χ3n) is 4.16. The predicted octanol–water partition coefficient (Wildman–Crippen LogP) is 3.48. The average Bonchev–Trinajstić information content (AvgIpc) is 2.47. The third-order valence-corrected chi connectivity index (χ3v) is 5.95. The molecule has 3 rings (SSSR count). The topological polar surface area (TPSA) is 46.2 Å². The van der Waals surface area contributed by atoms with Crippen LogP contribution in [0.15, 0.2) is 47.4 Å². The van der Waals surface area contributed by atoms with Crippen molar-refractivity contribution in [1.29, 1.82) is 0 Å². The summed E-state index contributed by atoms with van der Waals surface area (Å²) in [5.41, 5.74) is 3.90. The van der Waals surface area contributed by atoms with Gasteiger partial charge in [0, 0.05) is 11.1 Å². The molecule has 2 aromatic rings. The first-order valence-electron chi connectivity index (χ1n) is 7.31. The van der Waals surface area contributed by atoms with Gasteiger partial charge in [-0.25, -0.2) is 13.1 Å². The molecule has 0 bridgehead atoms. The van der Waals surface area contributed by atoms with Gasteiger partial charge in [-0.3, -0.25) is 0 Å². The normalized spacial score (nSPS) is 18.0. The van der Waals surface area contributed by atoms with Gasteiger partial charge in [0.2, 0.25) is 10.0 Å². The quantitative estimate of drug-likeness (QED) is 0.933. The predicted molar refractivity (Wildman–Crippen MR) is 88.8 cm³/mol. The van der Waals surface area contributed by atoms with Gasteiger partial charge in [0.15, 0.2) is 0 Å². The van der Waals surface area contributed by atoms with Crippen LogP contribution in [-0.2, 0) is 22.9 Å². The minimum absolute atomic E-state index is 0.0602. The smallest absolute Gasteiger partial charge is 0.208 e. The van der Waals surface area contributed by atoms with Crippen LogP contribution < -0.4 is 4.72 Å². The van der Waals surface area contributed by atoms with Gasteiger partial charge in [-0.15, -0.1) is 0 Å². The fourth-order valence-corrected chi connectivity index (χ4v) is 4.40. The molecule has 1 unspecified atom stereocenters. The summed E-state index contributed by atoms with van der Waals surface area (Å²) in [5.74, 6) is 0. The highest BCUT2D eigenvalue weighted by Crippen LogP contribution is 2.25. The Morgan fingerprint density at radius 2 is 1.86 bits per heavy atom. The standard InChI is InChI=1S/C17H18ClNO2S/c1-12-3-2-4-13-11-15(7-10-17(12)13)19-22(20,21)16-8-5-14(18)6-9-16/h2-6,8-9,15,19H,7,10-11H2,1H3. The van der Waals surface area contributed by atoms with Gasteiger partial charge in [0.25, 0.3) is 0 Å². The number of halogens is 1. The van der Waals surface area contributed by atoms with Crippen molar-refractivity contribution in [1.82, 2.24) is 4.72 Å². The molecule has 3 nitrogen and oxygen atoms in total. The lowest BCUT2D eigenvalue weighted by Gasteiger charge is -2.26. The molecule has 0 aromatic heterocycles. The van der Waals surface area contributed by atoms with E-state index in [2.05, 4.69) is 23.8 Å². The summed E-state index contributed by atoms with van der Waals surface area (Å²) in [6.07, 6.45) is 2.48. The summed E-state index contributed by atoms with van der Waals surface area (Å²) in [4.78, 5) is 0.256. The minimum Gasteiger partial charge on any atom is -0.208 e. The third kappa shape index (κ3) is 3.19. The number of fused-ring (bicyclic) bond motifs is 1. The van der Waals surface area contributed by atoms with Crippen molar-refractivity contribution < 1.29 is 8.42 Å². The van der Waals surface area contributed by atoms with Crippen LogP contribution in [0.1, 0.15) is 23.1 Å². The number of hydrogen-bond acceptors (Lipinski definition) is 2. The lowest BCUT2D eigenvalue weighted by molar-refractivity contribution is 0.507. The van der Waals surface area contributed by atoms with Crippen LogP contribution in [0.25, 0.3) is 0 Å².